The number of rotatable bonds is 4. The zero-order valence-electron chi connectivity index (χ0n) is 10.0. The van der Waals surface area contributed by atoms with Crippen molar-refractivity contribution in [3.8, 4) is 5.88 Å². The van der Waals surface area contributed by atoms with Crippen LogP contribution >= 0.6 is 34.8 Å². The Kier molecular flexibility index (Phi) is 4.34. The summed E-state index contributed by atoms with van der Waals surface area (Å²) in [4.78, 5) is 7.65. The van der Waals surface area contributed by atoms with Crippen LogP contribution in [-0.2, 0) is 0 Å². The number of anilines is 2. The van der Waals surface area contributed by atoms with Crippen molar-refractivity contribution in [2.45, 2.75) is 20.0 Å². The van der Waals surface area contributed by atoms with Gasteiger partial charge in [0.05, 0.1) is 6.10 Å². The number of hydrogen-bond donors (Lipinski definition) is 2. The number of ether oxygens (including phenoxy) is 1. The molecule has 102 valence electrons. The van der Waals surface area contributed by atoms with Crippen LogP contribution in [0.25, 0.3) is 0 Å². The number of nitrogens with one attached hydrogen (secondary N) is 2. The molecule has 0 amide bonds. The second-order valence-corrected chi connectivity index (χ2v) is 4.93. The molecule has 2 rings (SSSR count). The Morgan fingerprint density at radius 1 is 1.26 bits per heavy atom. The normalized spacial score (nSPS) is 10.8. The van der Waals surface area contributed by atoms with Gasteiger partial charge in [0.25, 0.3) is 0 Å². The van der Waals surface area contributed by atoms with Gasteiger partial charge in [0.15, 0.2) is 16.8 Å². The maximum Gasteiger partial charge on any atom is 0.225 e. The van der Waals surface area contributed by atoms with Crippen LogP contribution < -0.4 is 10.1 Å². The number of H-pyrrole nitrogens is 1. The van der Waals surface area contributed by atoms with Crippen molar-refractivity contribution in [2.24, 2.45) is 0 Å². The molecule has 2 N–H and O–H groups in total. The Balaban J connectivity index is 2.19. The number of aromatic nitrogens is 4. The Labute approximate surface area is 124 Å². The highest BCUT2D eigenvalue weighted by molar-refractivity contribution is 6.43. The van der Waals surface area contributed by atoms with Crippen molar-refractivity contribution in [1.82, 2.24) is 20.2 Å². The third kappa shape index (κ3) is 3.62. The molecule has 2 heterocycles. The molecule has 0 aliphatic carbocycles. The molecule has 2 aromatic rings. The number of aromatic amines is 1. The van der Waals surface area contributed by atoms with E-state index >= 15 is 0 Å². The largest absolute Gasteiger partial charge is 0.475 e. The Hall–Kier alpha value is -1.24. The topological polar surface area (TPSA) is 75.7 Å². The molecule has 0 aromatic carbocycles. The molecule has 0 saturated heterocycles. The highest BCUT2D eigenvalue weighted by atomic mass is 35.5. The molecule has 0 spiro atoms. The summed E-state index contributed by atoms with van der Waals surface area (Å²) in [6, 6.07) is 1.67. The van der Waals surface area contributed by atoms with E-state index < -0.39 is 0 Å². The van der Waals surface area contributed by atoms with Gasteiger partial charge in [0.1, 0.15) is 5.02 Å². The fraction of sp³-hybridized carbons (Fsp3) is 0.300. The van der Waals surface area contributed by atoms with Gasteiger partial charge in [-0.05, 0) is 25.4 Å². The molecule has 0 radical (unpaired) electrons. The lowest BCUT2D eigenvalue weighted by Crippen LogP contribution is -2.05. The zero-order valence-corrected chi connectivity index (χ0v) is 12.3. The Bertz CT molecular complexity index is 587. The summed E-state index contributed by atoms with van der Waals surface area (Å²) in [6.45, 7) is 3.82. The quantitative estimate of drug-likeness (QED) is 0.663. The van der Waals surface area contributed by atoms with Crippen molar-refractivity contribution in [1.29, 1.82) is 0 Å². The average Bonchev–Trinajstić information content (AvgIpc) is 2.71. The second kappa shape index (κ2) is 5.81. The molecule has 0 saturated carbocycles. The monoisotopic (exact) mass is 321 g/mol. The van der Waals surface area contributed by atoms with Gasteiger partial charge in [-0.15, -0.1) is 0 Å². The molecular formula is C10H10Cl3N5O. The standard InChI is InChI=1S/C10H10Cl3N5O/c1-4(2)19-6-3-5(17-18-6)14-9-7(11)8(12)15-10(13)16-9/h3-4H,1-2H3,(H2,14,15,16,17,18). The molecule has 9 heteroatoms. The molecule has 0 bridgehead atoms. The third-order valence-corrected chi connectivity index (χ3v) is 2.84. The molecule has 0 atom stereocenters. The molecule has 2 aromatic heterocycles. The summed E-state index contributed by atoms with van der Waals surface area (Å²) in [5.74, 6) is 1.28. The molecule has 19 heavy (non-hydrogen) atoms. The minimum atomic E-state index is -0.00825. The van der Waals surface area contributed by atoms with Crippen LogP contribution in [0.1, 0.15) is 13.8 Å². The van der Waals surface area contributed by atoms with Gasteiger partial charge in [-0.3, -0.25) is 0 Å². The van der Waals surface area contributed by atoms with Crippen molar-refractivity contribution in [3.63, 3.8) is 0 Å². The van der Waals surface area contributed by atoms with Crippen LogP contribution in [0, 0.1) is 0 Å². The van der Waals surface area contributed by atoms with E-state index in [-0.39, 0.29) is 27.4 Å². The number of hydrogen-bond acceptors (Lipinski definition) is 5. The average molecular weight is 323 g/mol. The number of nitrogens with zero attached hydrogens (tertiary/aromatic N) is 3. The first kappa shape index (κ1) is 14.2. The fourth-order valence-corrected chi connectivity index (χ4v) is 1.79. The molecule has 0 aliphatic rings. The predicted molar refractivity (Wildman–Crippen MR) is 74.7 cm³/mol. The minimum Gasteiger partial charge on any atom is -0.475 e. The maximum absolute atomic E-state index is 5.96. The highest BCUT2D eigenvalue weighted by Crippen LogP contribution is 2.30. The maximum atomic E-state index is 5.96. The molecule has 0 fully saturated rings. The van der Waals surface area contributed by atoms with E-state index in [2.05, 4.69) is 25.5 Å². The van der Waals surface area contributed by atoms with E-state index in [1.54, 1.807) is 6.07 Å². The molecule has 0 unspecified atom stereocenters. The van der Waals surface area contributed by atoms with Gasteiger partial charge in [0.2, 0.25) is 11.2 Å². The summed E-state index contributed by atoms with van der Waals surface area (Å²) in [7, 11) is 0. The van der Waals surface area contributed by atoms with Crippen LogP contribution in [0.5, 0.6) is 5.88 Å². The summed E-state index contributed by atoms with van der Waals surface area (Å²) < 4.78 is 5.43. The van der Waals surface area contributed by atoms with Crippen molar-refractivity contribution in [3.05, 3.63) is 21.5 Å². The van der Waals surface area contributed by atoms with Gasteiger partial charge in [0, 0.05) is 6.07 Å². The van der Waals surface area contributed by atoms with Crippen LogP contribution in [0.15, 0.2) is 6.07 Å². The van der Waals surface area contributed by atoms with E-state index in [4.69, 9.17) is 39.5 Å². The Morgan fingerprint density at radius 2 is 2.00 bits per heavy atom. The van der Waals surface area contributed by atoms with Crippen molar-refractivity contribution < 1.29 is 4.74 Å². The van der Waals surface area contributed by atoms with E-state index in [1.807, 2.05) is 13.8 Å². The number of halogens is 3. The Morgan fingerprint density at radius 3 is 2.68 bits per heavy atom. The first-order valence-corrected chi connectivity index (χ1v) is 6.46. The van der Waals surface area contributed by atoms with Gasteiger partial charge in [-0.2, -0.15) is 10.1 Å². The van der Waals surface area contributed by atoms with Crippen molar-refractivity contribution in [2.75, 3.05) is 5.32 Å². The zero-order chi connectivity index (χ0) is 14.0. The lowest BCUT2D eigenvalue weighted by molar-refractivity contribution is 0.232. The van der Waals surface area contributed by atoms with Gasteiger partial charge < -0.3 is 10.1 Å². The van der Waals surface area contributed by atoms with E-state index in [1.165, 1.54) is 0 Å². The van der Waals surface area contributed by atoms with Crippen LogP contribution in [0.3, 0.4) is 0 Å². The second-order valence-electron chi connectivity index (χ2n) is 3.86. The van der Waals surface area contributed by atoms with Crippen LogP contribution in [0.4, 0.5) is 11.6 Å². The SMILES string of the molecule is CC(C)Oc1cc(Nc2nc(Cl)nc(Cl)c2Cl)n[nH]1. The van der Waals surface area contributed by atoms with Gasteiger partial charge >= 0.3 is 0 Å². The van der Waals surface area contributed by atoms with Gasteiger partial charge in [-0.1, -0.05) is 23.2 Å². The lowest BCUT2D eigenvalue weighted by Gasteiger charge is -2.06. The molecule has 0 aliphatic heterocycles. The molecular weight excluding hydrogens is 313 g/mol. The van der Waals surface area contributed by atoms with E-state index in [0.717, 1.165) is 0 Å². The van der Waals surface area contributed by atoms with Crippen LogP contribution in [-0.4, -0.2) is 26.3 Å². The molecule has 6 nitrogen and oxygen atoms in total. The minimum absolute atomic E-state index is 0.00825. The highest BCUT2D eigenvalue weighted by Gasteiger charge is 2.12. The summed E-state index contributed by atoms with van der Waals surface area (Å²) >= 11 is 17.5. The first-order valence-electron chi connectivity index (χ1n) is 5.33. The summed E-state index contributed by atoms with van der Waals surface area (Å²) in [6.07, 6.45) is 0.0415. The van der Waals surface area contributed by atoms with E-state index in [9.17, 15) is 0 Å². The third-order valence-electron chi connectivity index (χ3n) is 1.95. The van der Waals surface area contributed by atoms with E-state index in [0.29, 0.717) is 11.7 Å². The smallest absolute Gasteiger partial charge is 0.225 e. The summed E-state index contributed by atoms with van der Waals surface area (Å²) in [5, 5.41) is 9.82. The van der Waals surface area contributed by atoms with Crippen molar-refractivity contribution >= 4 is 46.4 Å². The summed E-state index contributed by atoms with van der Waals surface area (Å²) in [5.41, 5.74) is 0. The predicted octanol–water partition coefficient (Wildman–Crippen LogP) is 3.69. The first-order chi connectivity index (χ1) is 8.95. The van der Waals surface area contributed by atoms with Crippen LogP contribution in [0.2, 0.25) is 15.5 Å². The van der Waals surface area contributed by atoms with Gasteiger partial charge in [-0.25, -0.2) is 10.1 Å². The lowest BCUT2D eigenvalue weighted by atomic mass is 10.5. The fourth-order valence-electron chi connectivity index (χ4n) is 1.28.